The lowest BCUT2D eigenvalue weighted by molar-refractivity contribution is 0.215. The molecular formula is C22H24FN3O. The highest BCUT2D eigenvalue weighted by molar-refractivity contribution is 5.77. The van der Waals surface area contributed by atoms with Crippen molar-refractivity contribution in [3.8, 4) is 0 Å². The van der Waals surface area contributed by atoms with Gasteiger partial charge in [0.05, 0.1) is 12.1 Å². The molecule has 0 aromatic heterocycles. The van der Waals surface area contributed by atoms with E-state index in [1.54, 1.807) is 0 Å². The molecule has 3 aliphatic heterocycles. The molecule has 0 amide bonds. The zero-order valence-electron chi connectivity index (χ0n) is 15.3. The number of amidine groups is 1. The van der Waals surface area contributed by atoms with E-state index < -0.39 is 0 Å². The maximum Gasteiger partial charge on any atom is 0.288 e. The minimum Gasteiger partial charge on any atom is -0.463 e. The van der Waals surface area contributed by atoms with Crippen LogP contribution in [0, 0.1) is 11.7 Å². The number of hydrogen-bond donors (Lipinski definition) is 1. The van der Waals surface area contributed by atoms with Gasteiger partial charge in [-0.25, -0.2) is 9.38 Å². The van der Waals surface area contributed by atoms with Crippen molar-refractivity contribution in [2.45, 2.75) is 24.9 Å². The van der Waals surface area contributed by atoms with Crippen molar-refractivity contribution in [2.24, 2.45) is 10.9 Å². The fourth-order valence-corrected chi connectivity index (χ4v) is 4.56. The van der Waals surface area contributed by atoms with Crippen molar-refractivity contribution in [2.75, 3.05) is 26.2 Å². The normalized spacial score (nSPS) is 27.2. The number of hydrogen-bond acceptors (Lipinski definition) is 4. The van der Waals surface area contributed by atoms with Crippen molar-refractivity contribution in [3.63, 3.8) is 0 Å². The molecule has 5 heteroatoms. The number of rotatable bonds is 2. The Morgan fingerprint density at radius 1 is 1.11 bits per heavy atom. The number of ether oxygens (including phenoxy) is 1. The average Bonchev–Trinajstić information content (AvgIpc) is 3.39. The number of halogens is 1. The highest BCUT2D eigenvalue weighted by Gasteiger charge is 2.37. The van der Waals surface area contributed by atoms with Gasteiger partial charge in [-0.2, -0.15) is 0 Å². The van der Waals surface area contributed by atoms with Crippen molar-refractivity contribution >= 4 is 6.02 Å². The van der Waals surface area contributed by atoms with Crippen LogP contribution >= 0.6 is 0 Å². The Hall–Kier alpha value is -2.40. The molecule has 2 aromatic carbocycles. The van der Waals surface area contributed by atoms with E-state index >= 15 is 0 Å². The standard InChI is InChI=1S/C22H24FN3O/c23-18-7-5-16(6-8-18)21-19-4-2-1-3-15(19)10-12-26(21)22-25-20(14-27-22)17-9-11-24-13-17/h1-8,17,20-21,24H,9-14H2/t17-,20-,21-/m0/s1. The number of fused-ring (bicyclic) bond motifs is 1. The van der Waals surface area contributed by atoms with Gasteiger partial charge in [-0.1, -0.05) is 36.4 Å². The highest BCUT2D eigenvalue weighted by atomic mass is 19.1. The molecule has 3 heterocycles. The monoisotopic (exact) mass is 365 g/mol. The predicted molar refractivity (Wildman–Crippen MR) is 103 cm³/mol. The van der Waals surface area contributed by atoms with Gasteiger partial charge in [0.2, 0.25) is 0 Å². The van der Waals surface area contributed by atoms with Gasteiger partial charge < -0.3 is 15.0 Å². The third-order valence-electron chi connectivity index (χ3n) is 6.02. The van der Waals surface area contributed by atoms with Crippen LogP contribution in [-0.4, -0.2) is 43.2 Å². The van der Waals surface area contributed by atoms with Crippen LogP contribution in [0.2, 0.25) is 0 Å². The van der Waals surface area contributed by atoms with Gasteiger partial charge >= 0.3 is 0 Å². The minimum atomic E-state index is -0.211. The average molecular weight is 365 g/mol. The van der Waals surface area contributed by atoms with Gasteiger partial charge in [0.1, 0.15) is 12.4 Å². The van der Waals surface area contributed by atoms with Gasteiger partial charge in [0.25, 0.3) is 6.02 Å². The summed E-state index contributed by atoms with van der Waals surface area (Å²) in [4.78, 5) is 7.23. The maximum atomic E-state index is 13.5. The van der Waals surface area contributed by atoms with Gasteiger partial charge in [-0.15, -0.1) is 0 Å². The molecule has 0 radical (unpaired) electrons. The molecule has 0 bridgehead atoms. The number of nitrogens with zero attached hydrogens (tertiary/aromatic N) is 2. The molecule has 1 saturated heterocycles. The van der Waals surface area contributed by atoms with Crippen LogP contribution in [0.25, 0.3) is 0 Å². The van der Waals surface area contributed by atoms with Crippen LogP contribution in [0.15, 0.2) is 53.5 Å². The van der Waals surface area contributed by atoms with Crippen LogP contribution < -0.4 is 5.32 Å². The quantitative estimate of drug-likeness (QED) is 0.888. The number of benzene rings is 2. The van der Waals surface area contributed by atoms with E-state index in [9.17, 15) is 4.39 Å². The lowest BCUT2D eigenvalue weighted by Gasteiger charge is -2.38. The number of aliphatic imine (C=N–C) groups is 1. The van der Waals surface area contributed by atoms with E-state index in [4.69, 9.17) is 9.73 Å². The molecular weight excluding hydrogens is 341 g/mol. The molecule has 140 valence electrons. The largest absolute Gasteiger partial charge is 0.463 e. The molecule has 5 rings (SSSR count). The zero-order valence-corrected chi connectivity index (χ0v) is 15.3. The van der Waals surface area contributed by atoms with E-state index in [1.807, 2.05) is 12.1 Å². The van der Waals surface area contributed by atoms with Gasteiger partial charge in [0, 0.05) is 13.1 Å². The van der Waals surface area contributed by atoms with Gasteiger partial charge in [-0.3, -0.25) is 0 Å². The van der Waals surface area contributed by atoms with Crippen LogP contribution in [0.5, 0.6) is 0 Å². The second-order valence-corrected chi connectivity index (χ2v) is 7.64. The Balaban J connectivity index is 1.51. The van der Waals surface area contributed by atoms with E-state index in [0.717, 1.165) is 44.1 Å². The Morgan fingerprint density at radius 3 is 2.78 bits per heavy atom. The second-order valence-electron chi connectivity index (χ2n) is 7.64. The highest BCUT2D eigenvalue weighted by Crippen LogP contribution is 2.36. The Labute approximate surface area is 159 Å². The zero-order chi connectivity index (χ0) is 18.2. The molecule has 3 aliphatic rings. The molecule has 0 unspecified atom stereocenters. The summed E-state index contributed by atoms with van der Waals surface area (Å²) in [6, 6.07) is 16.3. The number of nitrogens with one attached hydrogen (secondary N) is 1. The van der Waals surface area contributed by atoms with Crippen molar-refractivity contribution < 1.29 is 9.13 Å². The Morgan fingerprint density at radius 2 is 1.96 bits per heavy atom. The molecule has 27 heavy (non-hydrogen) atoms. The summed E-state index contributed by atoms with van der Waals surface area (Å²) in [5.74, 6) is 0.349. The van der Waals surface area contributed by atoms with E-state index in [0.29, 0.717) is 12.5 Å². The smallest absolute Gasteiger partial charge is 0.288 e. The first-order valence-electron chi connectivity index (χ1n) is 9.81. The summed E-state index contributed by atoms with van der Waals surface area (Å²) in [5.41, 5.74) is 3.67. The fourth-order valence-electron chi connectivity index (χ4n) is 4.56. The van der Waals surface area contributed by atoms with Crippen molar-refractivity contribution in [3.05, 3.63) is 71.0 Å². The van der Waals surface area contributed by atoms with Crippen molar-refractivity contribution in [1.29, 1.82) is 0 Å². The lowest BCUT2D eigenvalue weighted by atomic mass is 9.88. The molecule has 3 atom stereocenters. The first kappa shape index (κ1) is 16.8. The molecule has 4 nitrogen and oxygen atoms in total. The molecule has 1 N–H and O–H groups in total. The Kier molecular flexibility index (Phi) is 4.32. The SMILES string of the molecule is Fc1ccc([C@H]2c3ccccc3CCN2C2=N[C@H]([C@H]3CCNC3)CO2)cc1. The maximum absolute atomic E-state index is 13.5. The van der Waals surface area contributed by atoms with Gasteiger partial charge in [0.15, 0.2) is 0 Å². The van der Waals surface area contributed by atoms with Crippen LogP contribution in [0.4, 0.5) is 4.39 Å². The summed E-state index contributed by atoms with van der Waals surface area (Å²) < 4.78 is 19.6. The van der Waals surface area contributed by atoms with Gasteiger partial charge in [-0.05, 0) is 54.1 Å². The van der Waals surface area contributed by atoms with E-state index in [2.05, 4.69) is 34.5 Å². The molecule has 0 aliphatic carbocycles. The summed E-state index contributed by atoms with van der Waals surface area (Å²) in [5, 5.41) is 3.42. The summed E-state index contributed by atoms with van der Waals surface area (Å²) in [6.45, 7) is 3.61. The first-order valence-corrected chi connectivity index (χ1v) is 9.81. The molecule has 0 spiro atoms. The van der Waals surface area contributed by atoms with Crippen LogP contribution in [0.3, 0.4) is 0 Å². The topological polar surface area (TPSA) is 36.9 Å². The molecule has 2 aromatic rings. The predicted octanol–water partition coefficient (Wildman–Crippen LogP) is 3.14. The van der Waals surface area contributed by atoms with E-state index in [-0.39, 0.29) is 17.9 Å². The molecule has 1 fully saturated rings. The second kappa shape index (κ2) is 6.97. The van der Waals surface area contributed by atoms with Crippen LogP contribution in [0.1, 0.15) is 29.2 Å². The first-order chi connectivity index (χ1) is 13.3. The molecule has 0 saturated carbocycles. The Bertz CT molecular complexity index is 845. The lowest BCUT2D eigenvalue weighted by Crippen LogP contribution is -2.40. The minimum absolute atomic E-state index is 0.00903. The third kappa shape index (κ3) is 3.10. The van der Waals surface area contributed by atoms with Crippen LogP contribution in [-0.2, 0) is 11.2 Å². The summed E-state index contributed by atoms with van der Waals surface area (Å²) in [7, 11) is 0. The summed E-state index contributed by atoms with van der Waals surface area (Å²) in [6.07, 6.45) is 2.13. The fraction of sp³-hybridized carbons (Fsp3) is 0.409. The third-order valence-corrected chi connectivity index (χ3v) is 6.02. The van der Waals surface area contributed by atoms with E-state index in [1.165, 1.54) is 23.3 Å². The van der Waals surface area contributed by atoms with Crippen molar-refractivity contribution in [1.82, 2.24) is 10.2 Å². The summed E-state index contributed by atoms with van der Waals surface area (Å²) >= 11 is 0.